The second kappa shape index (κ2) is 5.23. The predicted octanol–water partition coefficient (Wildman–Crippen LogP) is 2.14. The van der Waals surface area contributed by atoms with Gasteiger partial charge in [0.05, 0.1) is 5.69 Å². The quantitative estimate of drug-likeness (QED) is 0.933. The molecule has 2 aromatic rings. The van der Waals surface area contributed by atoms with E-state index in [2.05, 4.69) is 44.3 Å². The van der Waals surface area contributed by atoms with Gasteiger partial charge in [0.25, 0.3) is 0 Å². The van der Waals surface area contributed by atoms with Crippen LogP contribution in [-0.2, 0) is 6.54 Å². The Balaban J connectivity index is 2.37. The molecule has 0 fully saturated rings. The van der Waals surface area contributed by atoms with Gasteiger partial charge in [-0.05, 0) is 24.2 Å². The molecule has 0 aliphatic heterocycles. The van der Waals surface area contributed by atoms with Gasteiger partial charge < -0.3 is 5.32 Å². The van der Waals surface area contributed by atoms with E-state index in [4.69, 9.17) is 0 Å². The van der Waals surface area contributed by atoms with E-state index in [0.717, 1.165) is 23.2 Å². The summed E-state index contributed by atoms with van der Waals surface area (Å²) in [5.41, 5.74) is 2.25. The van der Waals surface area contributed by atoms with Crippen LogP contribution >= 0.6 is 15.9 Å². The Morgan fingerprint density at radius 2 is 2.31 bits per heavy atom. The van der Waals surface area contributed by atoms with Gasteiger partial charge in [-0.1, -0.05) is 28.9 Å². The van der Waals surface area contributed by atoms with E-state index >= 15 is 0 Å². The molecule has 1 N–H and O–H groups in total. The maximum Gasteiger partial charge on any atom is 0.138 e. The van der Waals surface area contributed by atoms with Crippen molar-refractivity contribution in [2.24, 2.45) is 0 Å². The standard InChI is InChI=1S/C11H13BrN4/c1-2-13-6-9-3-4-10(12)5-11(9)16-8-14-7-15-16/h3-5,7-8,13H,2,6H2,1H3. The van der Waals surface area contributed by atoms with E-state index in [1.165, 1.54) is 11.9 Å². The molecular formula is C11H13BrN4. The Labute approximate surface area is 103 Å². The third-order valence-electron chi connectivity index (χ3n) is 2.28. The van der Waals surface area contributed by atoms with Gasteiger partial charge in [0.1, 0.15) is 12.7 Å². The van der Waals surface area contributed by atoms with Crippen molar-refractivity contribution in [1.29, 1.82) is 0 Å². The van der Waals surface area contributed by atoms with Crippen LogP contribution in [0.25, 0.3) is 5.69 Å². The van der Waals surface area contributed by atoms with Crippen LogP contribution in [-0.4, -0.2) is 21.3 Å². The number of rotatable bonds is 4. The van der Waals surface area contributed by atoms with Crippen molar-refractivity contribution < 1.29 is 0 Å². The molecule has 16 heavy (non-hydrogen) atoms. The van der Waals surface area contributed by atoms with Gasteiger partial charge in [-0.25, -0.2) is 9.67 Å². The highest BCUT2D eigenvalue weighted by molar-refractivity contribution is 9.10. The predicted molar refractivity (Wildman–Crippen MR) is 66.4 cm³/mol. The average Bonchev–Trinajstić information content (AvgIpc) is 2.80. The molecule has 2 rings (SSSR count). The monoisotopic (exact) mass is 280 g/mol. The average molecular weight is 281 g/mol. The zero-order valence-electron chi connectivity index (χ0n) is 9.02. The first-order valence-corrected chi connectivity index (χ1v) is 5.94. The lowest BCUT2D eigenvalue weighted by molar-refractivity contribution is 0.716. The smallest absolute Gasteiger partial charge is 0.138 e. The Bertz CT molecular complexity index is 453. The van der Waals surface area contributed by atoms with Crippen molar-refractivity contribution in [1.82, 2.24) is 20.1 Å². The van der Waals surface area contributed by atoms with Crippen molar-refractivity contribution >= 4 is 15.9 Å². The van der Waals surface area contributed by atoms with Gasteiger partial charge in [-0.2, -0.15) is 5.10 Å². The molecule has 0 aliphatic rings. The molecule has 0 amide bonds. The summed E-state index contributed by atoms with van der Waals surface area (Å²) in [6.07, 6.45) is 3.25. The number of nitrogens with zero attached hydrogens (tertiary/aromatic N) is 3. The molecule has 0 bridgehead atoms. The maximum absolute atomic E-state index is 4.15. The van der Waals surface area contributed by atoms with Crippen LogP contribution in [0.5, 0.6) is 0 Å². The Hall–Kier alpha value is -1.20. The third-order valence-corrected chi connectivity index (χ3v) is 2.77. The molecule has 0 aliphatic carbocycles. The first kappa shape index (κ1) is 11.3. The summed E-state index contributed by atoms with van der Waals surface area (Å²) in [6, 6.07) is 6.16. The number of hydrogen-bond acceptors (Lipinski definition) is 3. The molecule has 0 radical (unpaired) electrons. The van der Waals surface area contributed by atoms with E-state index < -0.39 is 0 Å². The van der Waals surface area contributed by atoms with Crippen LogP contribution in [0.4, 0.5) is 0 Å². The van der Waals surface area contributed by atoms with Gasteiger partial charge in [0.2, 0.25) is 0 Å². The van der Waals surface area contributed by atoms with Crippen molar-refractivity contribution in [2.45, 2.75) is 13.5 Å². The van der Waals surface area contributed by atoms with Gasteiger partial charge in [0, 0.05) is 11.0 Å². The van der Waals surface area contributed by atoms with E-state index in [1.54, 1.807) is 11.0 Å². The molecule has 0 saturated carbocycles. The Morgan fingerprint density at radius 1 is 1.44 bits per heavy atom. The molecule has 1 aromatic heterocycles. The minimum Gasteiger partial charge on any atom is -0.313 e. The Morgan fingerprint density at radius 3 is 3.00 bits per heavy atom. The largest absolute Gasteiger partial charge is 0.313 e. The van der Waals surface area contributed by atoms with Crippen LogP contribution in [0.1, 0.15) is 12.5 Å². The second-order valence-electron chi connectivity index (χ2n) is 3.39. The normalized spacial score (nSPS) is 10.6. The zero-order valence-corrected chi connectivity index (χ0v) is 10.6. The summed E-state index contributed by atoms with van der Waals surface area (Å²) in [6.45, 7) is 3.87. The summed E-state index contributed by atoms with van der Waals surface area (Å²) < 4.78 is 2.82. The number of aromatic nitrogens is 3. The molecule has 4 nitrogen and oxygen atoms in total. The first-order valence-electron chi connectivity index (χ1n) is 5.15. The van der Waals surface area contributed by atoms with E-state index in [1.807, 2.05) is 12.1 Å². The van der Waals surface area contributed by atoms with Crippen molar-refractivity contribution in [3.63, 3.8) is 0 Å². The fourth-order valence-electron chi connectivity index (χ4n) is 1.49. The molecule has 84 valence electrons. The highest BCUT2D eigenvalue weighted by Gasteiger charge is 2.05. The van der Waals surface area contributed by atoms with Gasteiger partial charge in [-0.15, -0.1) is 0 Å². The summed E-state index contributed by atoms with van der Waals surface area (Å²) in [7, 11) is 0. The zero-order chi connectivity index (χ0) is 11.4. The molecule has 5 heteroatoms. The first-order chi connectivity index (χ1) is 7.81. The molecule has 1 heterocycles. The van der Waals surface area contributed by atoms with Crippen LogP contribution < -0.4 is 5.32 Å². The minimum atomic E-state index is 0.832. The maximum atomic E-state index is 4.15. The lowest BCUT2D eigenvalue weighted by Gasteiger charge is -2.09. The fourth-order valence-corrected chi connectivity index (χ4v) is 1.84. The number of benzene rings is 1. The fraction of sp³-hybridized carbons (Fsp3) is 0.273. The summed E-state index contributed by atoms with van der Waals surface area (Å²) in [4.78, 5) is 3.97. The van der Waals surface area contributed by atoms with Crippen LogP contribution in [0.15, 0.2) is 35.3 Å². The van der Waals surface area contributed by atoms with Gasteiger partial charge >= 0.3 is 0 Å². The lowest BCUT2D eigenvalue weighted by atomic mass is 10.2. The van der Waals surface area contributed by atoms with Gasteiger partial charge in [0.15, 0.2) is 0 Å². The second-order valence-corrected chi connectivity index (χ2v) is 4.31. The van der Waals surface area contributed by atoms with E-state index in [9.17, 15) is 0 Å². The molecule has 1 aromatic carbocycles. The van der Waals surface area contributed by atoms with Crippen molar-refractivity contribution in [3.8, 4) is 5.69 Å². The van der Waals surface area contributed by atoms with Gasteiger partial charge in [-0.3, -0.25) is 0 Å². The van der Waals surface area contributed by atoms with Crippen LogP contribution in [0.3, 0.4) is 0 Å². The number of halogens is 1. The molecular weight excluding hydrogens is 268 g/mol. The topological polar surface area (TPSA) is 42.7 Å². The molecule has 0 atom stereocenters. The highest BCUT2D eigenvalue weighted by Crippen LogP contribution is 2.19. The van der Waals surface area contributed by atoms with E-state index in [0.29, 0.717) is 0 Å². The third kappa shape index (κ3) is 2.48. The Kier molecular flexibility index (Phi) is 3.69. The summed E-state index contributed by atoms with van der Waals surface area (Å²) in [5, 5.41) is 7.46. The molecule has 0 spiro atoms. The minimum absolute atomic E-state index is 0.832. The van der Waals surface area contributed by atoms with Crippen LogP contribution in [0, 0.1) is 0 Å². The molecule has 0 unspecified atom stereocenters. The number of nitrogens with one attached hydrogen (secondary N) is 1. The number of hydrogen-bond donors (Lipinski definition) is 1. The highest BCUT2D eigenvalue weighted by atomic mass is 79.9. The van der Waals surface area contributed by atoms with Crippen LogP contribution in [0.2, 0.25) is 0 Å². The SMILES string of the molecule is CCNCc1ccc(Br)cc1-n1cncn1. The van der Waals surface area contributed by atoms with E-state index in [-0.39, 0.29) is 0 Å². The lowest BCUT2D eigenvalue weighted by Crippen LogP contribution is -2.14. The van der Waals surface area contributed by atoms with Crippen molar-refractivity contribution in [3.05, 3.63) is 40.9 Å². The molecule has 0 saturated heterocycles. The van der Waals surface area contributed by atoms with Crippen molar-refractivity contribution in [2.75, 3.05) is 6.54 Å². The summed E-state index contributed by atoms with van der Waals surface area (Å²) >= 11 is 3.47. The summed E-state index contributed by atoms with van der Waals surface area (Å²) in [5.74, 6) is 0.